The van der Waals surface area contributed by atoms with Crippen LogP contribution in [0.5, 0.6) is 0 Å². The van der Waals surface area contributed by atoms with E-state index in [1.165, 1.54) is 0 Å². The Hall–Kier alpha value is 0.150. The Balaban J connectivity index is 5.86. The minimum atomic E-state index is -2.55. The smallest absolute Gasteiger partial charge is 0.217 e. The number of hydrogen-bond donors (Lipinski definition) is 0. The second kappa shape index (κ2) is 7.96. The van der Waals surface area contributed by atoms with Gasteiger partial charge in [-0.15, -0.1) is 0 Å². The standard InChI is InChI=1S/C16H37N2OP/c1-12(2)11-20(19,17(13(3)4)14(5)6)18(15(7)8)16(9)10/h12-16H,11H2,1-10H3. The fourth-order valence-electron chi connectivity index (χ4n) is 3.42. The van der Waals surface area contributed by atoms with Gasteiger partial charge in [-0.2, -0.15) is 0 Å². The summed E-state index contributed by atoms with van der Waals surface area (Å²) in [4.78, 5) is 0. The Morgan fingerprint density at radius 2 is 0.900 bits per heavy atom. The zero-order valence-electron chi connectivity index (χ0n) is 15.3. The molecule has 0 atom stereocenters. The van der Waals surface area contributed by atoms with E-state index in [2.05, 4.69) is 78.6 Å². The number of hydrogen-bond acceptors (Lipinski definition) is 1. The SMILES string of the molecule is CC(C)CP(=O)(N(C(C)C)C(C)C)N(C(C)C)C(C)C. The number of rotatable bonds is 8. The molecule has 0 saturated heterocycles. The van der Waals surface area contributed by atoms with Crippen LogP contribution in [0.25, 0.3) is 0 Å². The molecule has 4 heteroatoms. The molecule has 0 unspecified atom stereocenters. The van der Waals surface area contributed by atoms with E-state index in [1.54, 1.807) is 0 Å². The number of nitrogens with zero attached hydrogens (tertiary/aromatic N) is 2. The molecule has 0 aliphatic heterocycles. The molecule has 122 valence electrons. The van der Waals surface area contributed by atoms with Crippen LogP contribution in [0.3, 0.4) is 0 Å². The van der Waals surface area contributed by atoms with E-state index < -0.39 is 7.44 Å². The maximum absolute atomic E-state index is 14.0. The Labute approximate surface area is 127 Å². The predicted molar refractivity (Wildman–Crippen MR) is 91.5 cm³/mol. The van der Waals surface area contributed by atoms with E-state index in [9.17, 15) is 4.57 Å². The highest BCUT2D eigenvalue weighted by atomic mass is 31.2. The van der Waals surface area contributed by atoms with Crippen molar-refractivity contribution in [2.24, 2.45) is 5.92 Å². The van der Waals surface area contributed by atoms with Crippen molar-refractivity contribution < 1.29 is 4.57 Å². The van der Waals surface area contributed by atoms with Crippen LogP contribution in [0.1, 0.15) is 69.2 Å². The van der Waals surface area contributed by atoms with Crippen LogP contribution in [0.15, 0.2) is 0 Å². The summed E-state index contributed by atoms with van der Waals surface area (Å²) in [7, 11) is -2.55. The molecule has 0 spiro atoms. The van der Waals surface area contributed by atoms with Crippen LogP contribution in [0.2, 0.25) is 0 Å². The quantitative estimate of drug-likeness (QED) is 0.585. The lowest BCUT2D eigenvalue weighted by Gasteiger charge is -2.47. The molecular formula is C16H37N2OP. The maximum atomic E-state index is 14.0. The van der Waals surface area contributed by atoms with E-state index in [4.69, 9.17) is 0 Å². The van der Waals surface area contributed by atoms with Crippen molar-refractivity contribution in [3.8, 4) is 0 Å². The van der Waals surface area contributed by atoms with Crippen LogP contribution in [0, 0.1) is 5.92 Å². The van der Waals surface area contributed by atoms with E-state index in [0.717, 1.165) is 6.16 Å². The summed E-state index contributed by atoms with van der Waals surface area (Å²) in [6.07, 6.45) is 0.764. The molecule has 0 rings (SSSR count). The summed E-state index contributed by atoms with van der Waals surface area (Å²) in [5.41, 5.74) is 0. The minimum Gasteiger partial charge on any atom is -0.289 e. The average molecular weight is 304 g/mol. The molecular weight excluding hydrogens is 267 g/mol. The molecule has 0 amide bonds. The molecule has 0 aliphatic rings. The summed E-state index contributed by atoms with van der Waals surface area (Å²) in [6, 6.07) is 1.17. The van der Waals surface area contributed by atoms with Gasteiger partial charge in [0.2, 0.25) is 7.44 Å². The molecule has 0 fully saturated rings. The summed E-state index contributed by atoms with van der Waals surface area (Å²) in [6.45, 7) is 21.6. The highest BCUT2D eigenvalue weighted by molar-refractivity contribution is 7.59. The lowest BCUT2D eigenvalue weighted by molar-refractivity contribution is 0.223. The van der Waals surface area contributed by atoms with Gasteiger partial charge in [0.25, 0.3) is 0 Å². The predicted octanol–water partition coefficient (Wildman–Crippen LogP) is 5.07. The topological polar surface area (TPSA) is 23.6 Å². The van der Waals surface area contributed by atoms with Crippen molar-refractivity contribution in [3.63, 3.8) is 0 Å². The fraction of sp³-hybridized carbons (Fsp3) is 1.00. The van der Waals surface area contributed by atoms with E-state index in [1.807, 2.05) is 0 Å². The van der Waals surface area contributed by atoms with Gasteiger partial charge in [0.1, 0.15) is 0 Å². The molecule has 0 bridgehead atoms. The summed E-state index contributed by atoms with van der Waals surface area (Å²) >= 11 is 0. The third-order valence-electron chi connectivity index (χ3n) is 3.44. The van der Waals surface area contributed by atoms with Crippen LogP contribution >= 0.6 is 7.44 Å². The molecule has 0 heterocycles. The van der Waals surface area contributed by atoms with E-state index in [-0.39, 0.29) is 0 Å². The van der Waals surface area contributed by atoms with Crippen molar-refractivity contribution in [2.75, 3.05) is 6.16 Å². The van der Waals surface area contributed by atoms with E-state index in [0.29, 0.717) is 30.1 Å². The molecule has 3 nitrogen and oxygen atoms in total. The zero-order valence-corrected chi connectivity index (χ0v) is 16.2. The first-order chi connectivity index (χ1) is 8.95. The van der Waals surface area contributed by atoms with Gasteiger partial charge in [0.15, 0.2) is 0 Å². The van der Waals surface area contributed by atoms with Crippen molar-refractivity contribution in [1.82, 2.24) is 9.34 Å². The summed E-state index contributed by atoms with van der Waals surface area (Å²) in [5, 5.41) is 0. The first-order valence-corrected chi connectivity index (χ1v) is 9.91. The molecule has 0 saturated carbocycles. The van der Waals surface area contributed by atoms with Gasteiger partial charge in [-0.25, -0.2) is 9.34 Å². The van der Waals surface area contributed by atoms with Crippen LogP contribution in [0.4, 0.5) is 0 Å². The van der Waals surface area contributed by atoms with Gasteiger partial charge in [-0.05, 0) is 61.3 Å². The van der Waals surface area contributed by atoms with Crippen molar-refractivity contribution in [2.45, 2.75) is 93.4 Å². The third-order valence-corrected chi connectivity index (χ3v) is 7.94. The van der Waals surface area contributed by atoms with Crippen molar-refractivity contribution >= 4 is 7.44 Å². The van der Waals surface area contributed by atoms with Crippen LogP contribution in [-0.4, -0.2) is 39.7 Å². The van der Waals surface area contributed by atoms with Gasteiger partial charge < -0.3 is 0 Å². The van der Waals surface area contributed by atoms with Gasteiger partial charge in [0, 0.05) is 30.3 Å². The van der Waals surface area contributed by atoms with Gasteiger partial charge in [-0.3, -0.25) is 4.57 Å². The second-order valence-corrected chi connectivity index (χ2v) is 9.99. The zero-order chi connectivity index (χ0) is 16.2. The minimum absolute atomic E-state index is 0.291. The molecule has 20 heavy (non-hydrogen) atoms. The van der Waals surface area contributed by atoms with Crippen LogP contribution in [-0.2, 0) is 4.57 Å². The second-order valence-electron chi connectivity index (χ2n) is 7.38. The first kappa shape index (κ1) is 20.1. The maximum Gasteiger partial charge on any atom is 0.217 e. The molecule has 0 N–H and O–H groups in total. The summed E-state index contributed by atoms with van der Waals surface area (Å²) in [5.74, 6) is 0.431. The lowest BCUT2D eigenvalue weighted by Crippen LogP contribution is -2.46. The Morgan fingerprint density at radius 1 is 0.650 bits per heavy atom. The van der Waals surface area contributed by atoms with Crippen molar-refractivity contribution in [3.05, 3.63) is 0 Å². The van der Waals surface area contributed by atoms with Gasteiger partial charge >= 0.3 is 0 Å². The summed E-state index contributed by atoms with van der Waals surface area (Å²) < 4.78 is 18.6. The average Bonchev–Trinajstić information content (AvgIpc) is 2.10. The Morgan fingerprint density at radius 3 is 1.05 bits per heavy atom. The molecule has 0 aromatic heterocycles. The van der Waals surface area contributed by atoms with Crippen LogP contribution < -0.4 is 0 Å². The Bertz CT molecular complexity index is 284. The molecule has 0 aromatic rings. The Kier molecular flexibility index (Phi) is 8.02. The van der Waals surface area contributed by atoms with Crippen molar-refractivity contribution in [1.29, 1.82) is 0 Å². The lowest BCUT2D eigenvalue weighted by atomic mass is 10.3. The molecule has 0 radical (unpaired) electrons. The third kappa shape index (κ3) is 4.86. The normalized spacial score (nSPS) is 14.1. The van der Waals surface area contributed by atoms with Gasteiger partial charge in [-0.1, -0.05) is 13.8 Å². The monoisotopic (exact) mass is 304 g/mol. The molecule has 0 aromatic carbocycles. The molecule has 0 aliphatic carbocycles. The first-order valence-electron chi connectivity index (χ1n) is 8.11. The highest BCUT2D eigenvalue weighted by Crippen LogP contribution is 2.58. The highest BCUT2D eigenvalue weighted by Gasteiger charge is 2.42. The largest absolute Gasteiger partial charge is 0.289 e. The van der Waals surface area contributed by atoms with Gasteiger partial charge in [0.05, 0.1) is 0 Å². The fourth-order valence-corrected chi connectivity index (χ4v) is 7.87. The van der Waals surface area contributed by atoms with E-state index >= 15 is 0 Å².